The van der Waals surface area contributed by atoms with Gasteiger partial charge in [0.1, 0.15) is 5.84 Å². The van der Waals surface area contributed by atoms with E-state index in [1.54, 1.807) is 0 Å². The lowest BCUT2D eigenvalue weighted by Gasteiger charge is -2.23. The molecule has 90 valence electrons. The first-order chi connectivity index (χ1) is 7.88. The standard InChI is InChI=1S/C9H10N4O3S/c10-7(11)9(17,8(15)16)13-6(14)5-1-3-12-4-2-5/h1-4,17H,(H3,10,11)(H,13,14)(H,15,16). The number of aliphatic carboxylic acids is 1. The third-order valence-electron chi connectivity index (χ3n) is 1.94. The highest BCUT2D eigenvalue weighted by atomic mass is 32.1. The highest BCUT2D eigenvalue weighted by Gasteiger charge is 2.40. The third kappa shape index (κ3) is 2.72. The number of thiol groups is 1. The molecule has 17 heavy (non-hydrogen) atoms. The lowest BCUT2D eigenvalue weighted by Crippen LogP contribution is -2.58. The van der Waals surface area contributed by atoms with Crippen molar-refractivity contribution in [2.45, 2.75) is 4.87 Å². The van der Waals surface area contributed by atoms with Crippen molar-refractivity contribution in [3.63, 3.8) is 0 Å². The zero-order valence-corrected chi connectivity index (χ0v) is 9.44. The summed E-state index contributed by atoms with van der Waals surface area (Å²) in [4.78, 5) is 24.1. The van der Waals surface area contributed by atoms with Crippen LogP contribution in [0.25, 0.3) is 0 Å². The Morgan fingerprint density at radius 1 is 1.47 bits per heavy atom. The molecule has 0 fully saturated rings. The average molecular weight is 254 g/mol. The van der Waals surface area contributed by atoms with Crippen LogP contribution in [0.3, 0.4) is 0 Å². The Morgan fingerprint density at radius 2 is 2.00 bits per heavy atom. The molecule has 0 aliphatic heterocycles. The van der Waals surface area contributed by atoms with Crippen LogP contribution in [0.4, 0.5) is 0 Å². The Balaban J connectivity index is 2.94. The first-order valence-electron chi connectivity index (χ1n) is 4.40. The van der Waals surface area contributed by atoms with Gasteiger partial charge in [0.15, 0.2) is 0 Å². The lowest BCUT2D eigenvalue weighted by atomic mass is 10.2. The first kappa shape index (κ1) is 13.0. The molecule has 0 aliphatic rings. The molecular formula is C9H10N4O3S. The van der Waals surface area contributed by atoms with E-state index >= 15 is 0 Å². The van der Waals surface area contributed by atoms with Crippen LogP contribution in [-0.2, 0) is 4.79 Å². The van der Waals surface area contributed by atoms with Crippen LogP contribution in [0.1, 0.15) is 10.4 Å². The number of amides is 1. The van der Waals surface area contributed by atoms with Crippen LogP contribution in [0.2, 0.25) is 0 Å². The van der Waals surface area contributed by atoms with Gasteiger partial charge in [0.2, 0.25) is 4.87 Å². The molecule has 0 saturated heterocycles. The molecule has 0 aliphatic carbocycles. The fraction of sp³-hybridized carbons (Fsp3) is 0.111. The molecule has 5 N–H and O–H groups in total. The maximum Gasteiger partial charge on any atom is 0.347 e. The molecular weight excluding hydrogens is 244 g/mol. The minimum atomic E-state index is -2.22. The fourth-order valence-corrected chi connectivity index (χ4v) is 1.08. The van der Waals surface area contributed by atoms with Gasteiger partial charge in [0.25, 0.3) is 5.91 Å². The molecule has 0 saturated carbocycles. The zero-order valence-electron chi connectivity index (χ0n) is 8.54. The number of hydrogen-bond donors (Lipinski definition) is 5. The maximum atomic E-state index is 11.7. The van der Waals surface area contributed by atoms with Crippen molar-refractivity contribution in [3.05, 3.63) is 30.1 Å². The molecule has 0 bridgehead atoms. The van der Waals surface area contributed by atoms with Gasteiger partial charge in [-0.1, -0.05) is 0 Å². The van der Waals surface area contributed by atoms with Gasteiger partial charge in [-0.05, 0) is 12.1 Å². The van der Waals surface area contributed by atoms with Crippen molar-refractivity contribution < 1.29 is 14.7 Å². The third-order valence-corrected chi connectivity index (χ3v) is 2.48. The van der Waals surface area contributed by atoms with Gasteiger partial charge in [0.05, 0.1) is 0 Å². The Morgan fingerprint density at radius 3 is 2.41 bits per heavy atom. The lowest BCUT2D eigenvalue weighted by molar-refractivity contribution is -0.138. The Bertz CT molecular complexity index is 449. The molecule has 1 atom stereocenters. The number of carbonyl (C=O) groups is 2. The number of carboxylic acids is 1. The number of pyridine rings is 1. The van der Waals surface area contributed by atoms with Gasteiger partial charge >= 0.3 is 5.97 Å². The Hall–Kier alpha value is -2.09. The van der Waals surface area contributed by atoms with Crippen molar-refractivity contribution in [2.24, 2.45) is 5.73 Å². The van der Waals surface area contributed by atoms with Crippen LogP contribution in [0.15, 0.2) is 24.5 Å². The van der Waals surface area contributed by atoms with Gasteiger partial charge in [-0.3, -0.25) is 15.2 Å². The SMILES string of the molecule is N=C(N)C(S)(NC(=O)c1ccncc1)C(=O)O. The summed E-state index contributed by atoms with van der Waals surface area (Å²) in [6.07, 6.45) is 2.76. The molecule has 8 heteroatoms. The number of carboxylic acid groups (broad SMARTS) is 1. The van der Waals surface area contributed by atoms with E-state index in [0.717, 1.165) is 0 Å². The molecule has 1 aromatic heterocycles. The molecule has 7 nitrogen and oxygen atoms in total. The van der Waals surface area contributed by atoms with E-state index in [1.807, 2.05) is 0 Å². The van der Waals surface area contributed by atoms with Crippen LogP contribution in [0.5, 0.6) is 0 Å². The average Bonchev–Trinajstić information content (AvgIpc) is 2.29. The smallest absolute Gasteiger partial charge is 0.347 e. The minimum absolute atomic E-state index is 0.195. The molecule has 0 aromatic carbocycles. The number of rotatable bonds is 4. The normalized spacial score (nSPS) is 13.5. The first-order valence-corrected chi connectivity index (χ1v) is 4.85. The summed E-state index contributed by atoms with van der Waals surface area (Å²) in [5, 5.41) is 18.1. The molecule has 1 amide bonds. The quantitative estimate of drug-likeness (QED) is 0.213. The number of carbonyl (C=O) groups excluding carboxylic acids is 1. The molecule has 1 unspecified atom stereocenters. The predicted molar refractivity (Wildman–Crippen MR) is 63.0 cm³/mol. The predicted octanol–water partition coefficient (Wildman–Crippen LogP) is -0.542. The summed E-state index contributed by atoms with van der Waals surface area (Å²) in [6.45, 7) is 0. The van der Waals surface area contributed by atoms with Crippen LogP contribution >= 0.6 is 12.6 Å². The van der Waals surface area contributed by atoms with E-state index in [-0.39, 0.29) is 5.56 Å². The second-order valence-corrected chi connectivity index (χ2v) is 3.79. The van der Waals surface area contributed by atoms with Crippen molar-refractivity contribution in [1.29, 1.82) is 5.41 Å². The number of nitrogens with two attached hydrogens (primary N) is 1. The second-order valence-electron chi connectivity index (χ2n) is 3.12. The van der Waals surface area contributed by atoms with Crippen LogP contribution in [0, 0.1) is 5.41 Å². The summed E-state index contributed by atoms with van der Waals surface area (Å²) >= 11 is 3.70. The molecule has 0 spiro atoms. The Kier molecular flexibility index (Phi) is 3.69. The number of nitrogens with one attached hydrogen (secondary N) is 2. The molecule has 0 radical (unpaired) electrons. The summed E-state index contributed by atoms with van der Waals surface area (Å²) in [6, 6.07) is 2.79. The second kappa shape index (κ2) is 4.83. The topological polar surface area (TPSA) is 129 Å². The number of amidine groups is 1. The molecule has 1 rings (SSSR count). The number of hydrogen-bond acceptors (Lipinski definition) is 5. The summed E-state index contributed by atoms with van der Waals surface area (Å²) in [5.41, 5.74) is 5.29. The van der Waals surface area contributed by atoms with E-state index in [2.05, 4.69) is 22.9 Å². The van der Waals surface area contributed by atoms with Gasteiger partial charge in [-0.15, -0.1) is 12.6 Å². The van der Waals surface area contributed by atoms with Crippen LogP contribution in [-0.4, -0.2) is 32.7 Å². The van der Waals surface area contributed by atoms with E-state index < -0.39 is 22.6 Å². The van der Waals surface area contributed by atoms with Crippen molar-refractivity contribution in [3.8, 4) is 0 Å². The molecule has 1 heterocycles. The minimum Gasteiger partial charge on any atom is -0.479 e. The Labute approximate surface area is 102 Å². The zero-order chi connectivity index (χ0) is 13.1. The number of nitrogens with zero attached hydrogens (tertiary/aromatic N) is 1. The monoisotopic (exact) mass is 254 g/mol. The van der Waals surface area contributed by atoms with Crippen molar-refractivity contribution in [2.75, 3.05) is 0 Å². The van der Waals surface area contributed by atoms with E-state index in [9.17, 15) is 9.59 Å². The summed E-state index contributed by atoms with van der Waals surface area (Å²) < 4.78 is 0. The van der Waals surface area contributed by atoms with E-state index in [0.29, 0.717) is 0 Å². The van der Waals surface area contributed by atoms with E-state index in [1.165, 1.54) is 24.5 Å². The van der Waals surface area contributed by atoms with Gasteiger partial charge in [-0.25, -0.2) is 4.79 Å². The van der Waals surface area contributed by atoms with Crippen molar-refractivity contribution in [1.82, 2.24) is 10.3 Å². The maximum absolute atomic E-state index is 11.7. The largest absolute Gasteiger partial charge is 0.479 e. The summed E-state index contributed by atoms with van der Waals surface area (Å²) in [5.74, 6) is -3.02. The fourth-order valence-electron chi connectivity index (χ4n) is 0.976. The highest BCUT2D eigenvalue weighted by molar-refractivity contribution is 7.83. The van der Waals surface area contributed by atoms with Crippen LogP contribution < -0.4 is 11.1 Å². The van der Waals surface area contributed by atoms with Gasteiger partial charge < -0.3 is 16.2 Å². The van der Waals surface area contributed by atoms with Gasteiger partial charge in [0, 0.05) is 18.0 Å². The van der Waals surface area contributed by atoms with Crippen molar-refractivity contribution >= 4 is 30.3 Å². The number of aromatic nitrogens is 1. The summed E-state index contributed by atoms with van der Waals surface area (Å²) in [7, 11) is 0. The van der Waals surface area contributed by atoms with E-state index in [4.69, 9.17) is 16.2 Å². The highest BCUT2D eigenvalue weighted by Crippen LogP contribution is 2.12. The van der Waals surface area contributed by atoms with Gasteiger partial charge in [-0.2, -0.15) is 0 Å². The molecule has 1 aromatic rings.